The average Bonchev–Trinajstić information content (AvgIpc) is 2.67. The largest absolute Gasteiger partial charge is 0.481 e. The van der Waals surface area contributed by atoms with Crippen molar-refractivity contribution in [1.82, 2.24) is 15.5 Å². The number of carbonyl (C=O) groups excluding carboxylic acids is 3. The minimum absolute atomic E-state index is 0.0138. The van der Waals surface area contributed by atoms with Crippen LogP contribution in [0, 0.1) is 23.3 Å². The zero-order chi connectivity index (χ0) is 22.4. The van der Waals surface area contributed by atoms with Gasteiger partial charge in [-0.05, 0) is 0 Å². The Morgan fingerprint density at radius 1 is 1.20 bits per heavy atom. The van der Waals surface area contributed by atoms with E-state index in [1.807, 2.05) is 0 Å². The molecule has 13 heteroatoms. The third kappa shape index (κ3) is 5.89. The van der Waals surface area contributed by atoms with E-state index in [0.29, 0.717) is 6.54 Å². The molecule has 30 heavy (non-hydrogen) atoms. The summed E-state index contributed by atoms with van der Waals surface area (Å²) in [6, 6.07) is -1.72. The summed E-state index contributed by atoms with van der Waals surface area (Å²) in [4.78, 5) is 48.1. The van der Waals surface area contributed by atoms with Gasteiger partial charge in [0.1, 0.15) is 12.6 Å². The molecule has 1 atom stereocenters. The molecule has 1 aliphatic heterocycles. The Hall–Kier alpha value is -3.22. The van der Waals surface area contributed by atoms with E-state index < -0.39 is 72.3 Å². The number of nitrogens with one attached hydrogen (secondary N) is 2. The minimum atomic E-state index is -1.88. The summed E-state index contributed by atoms with van der Waals surface area (Å²) in [6.07, 6.45) is -0.897. The smallest absolute Gasteiger partial charge is 0.305 e. The lowest BCUT2D eigenvalue weighted by Crippen LogP contribution is -2.53. The highest BCUT2D eigenvalue weighted by Crippen LogP contribution is 2.26. The Morgan fingerprint density at radius 2 is 1.83 bits per heavy atom. The van der Waals surface area contributed by atoms with Crippen LogP contribution in [0.3, 0.4) is 0 Å². The predicted octanol–water partition coefficient (Wildman–Crippen LogP) is -0.418. The monoisotopic (exact) mass is 435 g/mol. The number of benzene rings is 1. The summed E-state index contributed by atoms with van der Waals surface area (Å²) in [5, 5.41) is 13.8. The maximum atomic E-state index is 13.6. The molecule has 0 spiro atoms. The highest BCUT2D eigenvalue weighted by Gasteiger charge is 2.28. The lowest BCUT2D eigenvalue weighted by Gasteiger charge is -2.27. The van der Waals surface area contributed by atoms with E-state index in [-0.39, 0.29) is 25.1 Å². The Balaban J connectivity index is 2.04. The van der Waals surface area contributed by atoms with Gasteiger partial charge in [0.25, 0.3) is 0 Å². The molecule has 0 aliphatic carbocycles. The fraction of sp³-hybridized carbons (Fsp3) is 0.412. The topological polar surface area (TPSA) is 125 Å². The van der Waals surface area contributed by atoms with E-state index in [4.69, 9.17) is 5.11 Å². The molecule has 1 fully saturated rings. The number of carboxylic acids is 1. The molecule has 2 rings (SSSR count). The molecule has 0 radical (unpaired) electrons. The number of rotatable bonds is 9. The number of carbonyl (C=O) groups is 4. The van der Waals surface area contributed by atoms with Gasteiger partial charge in [0.2, 0.25) is 23.4 Å². The Kier molecular flexibility index (Phi) is 7.69. The van der Waals surface area contributed by atoms with Crippen molar-refractivity contribution >= 4 is 23.6 Å². The van der Waals surface area contributed by atoms with Crippen molar-refractivity contribution < 1.29 is 46.6 Å². The van der Waals surface area contributed by atoms with Gasteiger partial charge in [0.15, 0.2) is 23.2 Å². The number of ether oxygens (including phenoxy) is 1. The zero-order valence-corrected chi connectivity index (χ0v) is 15.3. The molecule has 0 bridgehead atoms. The molecule has 9 nitrogen and oxygen atoms in total. The van der Waals surface area contributed by atoms with Crippen LogP contribution in [-0.4, -0.2) is 72.4 Å². The summed E-state index contributed by atoms with van der Waals surface area (Å²) < 4.78 is 58.0. The zero-order valence-electron chi connectivity index (χ0n) is 15.3. The number of ketones is 1. The number of Topliss-reactive ketones (excluding diaryl/α,β-unsaturated/α-hetero) is 1. The van der Waals surface area contributed by atoms with E-state index in [0.717, 1.165) is 0 Å². The molecule has 0 unspecified atom stereocenters. The summed E-state index contributed by atoms with van der Waals surface area (Å²) in [7, 11) is 0. The van der Waals surface area contributed by atoms with Crippen LogP contribution >= 0.6 is 0 Å². The number of amides is 2. The first-order valence-electron chi connectivity index (χ1n) is 8.58. The number of aliphatic carboxylic acids is 1. The number of piperazine rings is 1. The van der Waals surface area contributed by atoms with Crippen molar-refractivity contribution in [2.45, 2.75) is 12.5 Å². The van der Waals surface area contributed by atoms with Crippen molar-refractivity contribution in [2.24, 2.45) is 0 Å². The minimum Gasteiger partial charge on any atom is -0.481 e. The standard InChI is InChI=1S/C17H17F4N3O6/c18-8-3-9(19)16(21)17(15(8)20)30-7-11(25)10(4-14(28)29)23-12(26)6-24-2-1-22-5-13(24)27/h3,10,22H,1-2,4-7H2,(H,23,26)(H,28,29)/t10-/m0/s1. The number of carboxylic acid groups (broad SMARTS) is 1. The van der Waals surface area contributed by atoms with Crippen LogP contribution in [0.2, 0.25) is 0 Å². The Bertz CT molecular complexity index is 840. The van der Waals surface area contributed by atoms with Gasteiger partial charge in [-0.25, -0.2) is 8.78 Å². The highest BCUT2D eigenvalue weighted by atomic mass is 19.2. The molecule has 1 saturated heterocycles. The number of halogens is 4. The second-order valence-corrected chi connectivity index (χ2v) is 6.26. The second kappa shape index (κ2) is 10.0. The van der Waals surface area contributed by atoms with Gasteiger partial charge in [-0.2, -0.15) is 8.78 Å². The van der Waals surface area contributed by atoms with Crippen molar-refractivity contribution in [2.75, 3.05) is 32.8 Å². The van der Waals surface area contributed by atoms with Crippen LogP contribution in [-0.2, 0) is 19.2 Å². The SMILES string of the molecule is O=C(O)C[C@H](NC(=O)CN1CCNCC1=O)C(=O)COc1c(F)c(F)cc(F)c1F. The molecule has 164 valence electrons. The van der Waals surface area contributed by atoms with Crippen molar-refractivity contribution in [3.8, 4) is 5.75 Å². The molecule has 1 heterocycles. The number of hydrogen-bond donors (Lipinski definition) is 3. The van der Waals surface area contributed by atoms with Crippen LogP contribution < -0.4 is 15.4 Å². The summed E-state index contributed by atoms with van der Waals surface area (Å²) >= 11 is 0. The maximum absolute atomic E-state index is 13.6. The van der Waals surface area contributed by atoms with Gasteiger partial charge in [-0.3, -0.25) is 19.2 Å². The van der Waals surface area contributed by atoms with Crippen LogP contribution in [0.5, 0.6) is 5.75 Å². The molecular formula is C17H17F4N3O6. The van der Waals surface area contributed by atoms with E-state index in [2.05, 4.69) is 15.4 Å². The molecule has 1 aliphatic rings. The number of nitrogens with zero attached hydrogens (tertiary/aromatic N) is 1. The third-order valence-electron chi connectivity index (χ3n) is 4.05. The quantitative estimate of drug-likeness (QED) is 0.356. The Labute approximate surface area is 167 Å². The fourth-order valence-corrected chi connectivity index (χ4v) is 2.57. The van der Waals surface area contributed by atoms with Gasteiger partial charge in [-0.15, -0.1) is 0 Å². The molecule has 0 aromatic heterocycles. The summed E-state index contributed by atoms with van der Waals surface area (Å²) in [6.45, 7) is -0.952. The lowest BCUT2D eigenvalue weighted by molar-refractivity contribution is -0.141. The first-order chi connectivity index (χ1) is 14.1. The van der Waals surface area contributed by atoms with Gasteiger partial charge < -0.3 is 25.4 Å². The molecule has 1 aromatic rings. The van der Waals surface area contributed by atoms with Gasteiger partial charge >= 0.3 is 5.97 Å². The summed E-state index contributed by atoms with van der Waals surface area (Å²) in [5.74, 6) is -12.6. The third-order valence-corrected chi connectivity index (χ3v) is 4.05. The molecule has 3 N–H and O–H groups in total. The highest BCUT2D eigenvalue weighted by molar-refractivity contribution is 5.94. The lowest BCUT2D eigenvalue weighted by atomic mass is 10.1. The van der Waals surface area contributed by atoms with Crippen LogP contribution in [0.1, 0.15) is 6.42 Å². The number of hydrogen-bond acceptors (Lipinski definition) is 6. The Morgan fingerprint density at radius 3 is 2.40 bits per heavy atom. The van der Waals surface area contributed by atoms with E-state index >= 15 is 0 Å². The average molecular weight is 435 g/mol. The van der Waals surface area contributed by atoms with Crippen LogP contribution in [0.25, 0.3) is 0 Å². The van der Waals surface area contributed by atoms with Crippen molar-refractivity contribution in [3.63, 3.8) is 0 Å². The van der Waals surface area contributed by atoms with Crippen LogP contribution in [0.4, 0.5) is 17.6 Å². The van der Waals surface area contributed by atoms with E-state index in [1.54, 1.807) is 0 Å². The fourth-order valence-electron chi connectivity index (χ4n) is 2.57. The van der Waals surface area contributed by atoms with Gasteiger partial charge in [-0.1, -0.05) is 0 Å². The second-order valence-electron chi connectivity index (χ2n) is 6.26. The van der Waals surface area contributed by atoms with Crippen molar-refractivity contribution in [3.05, 3.63) is 29.3 Å². The van der Waals surface area contributed by atoms with Gasteiger partial charge in [0.05, 0.1) is 19.5 Å². The van der Waals surface area contributed by atoms with E-state index in [9.17, 15) is 36.7 Å². The van der Waals surface area contributed by atoms with Crippen LogP contribution in [0.15, 0.2) is 6.07 Å². The first-order valence-corrected chi connectivity index (χ1v) is 8.58. The van der Waals surface area contributed by atoms with Crippen molar-refractivity contribution in [1.29, 1.82) is 0 Å². The van der Waals surface area contributed by atoms with Gasteiger partial charge in [0, 0.05) is 19.2 Å². The molecule has 1 aromatic carbocycles. The predicted molar refractivity (Wildman–Crippen MR) is 90.4 cm³/mol. The molecule has 0 saturated carbocycles. The molecular weight excluding hydrogens is 418 g/mol. The maximum Gasteiger partial charge on any atom is 0.305 e. The first kappa shape index (κ1) is 23.1. The summed E-state index contributed by atoms with van der Waals surface area (Å²) in [5.41, 5.74) is 0. The molecule has 2 amide bonds. The van der Waals surface area contributed by atoms with E-state index in [1.165, 1.54) is 4.90 Å². The normalized spacial score (nSPS) is 14.9.